The van der Waals surface area contributed by atoms with Crippen LogP contribution in [0.4, 0.5) is 5.69 Å². The van der Waals surface area contributed by atoms with E-state index in [1.165, 1.54) is 0 Å². The van der Waals surface area contributed by atoms with Gasteiger partial charge in [-0.15, -0.1) is 11.3 Å². The number of fused-ring (bicyclic) bond motifs is 1. The summed E-state index contributed by atoms with van der Waals surface area (Å²) in [5.74, 6) is -0.245. The second-order valence-corrected chi connectivity index (χ2v) is 8.40. The summed E-state index contributed by atoms with van der Waals surface area (Å²) < 4.78 is 1.94. The lowest BCUT2D eigenvalue weighted by Crippen LogP contribution is -2.13. The van der Waals surface area contributed by atoms with Gasteiger partial charge < -0.3 is 5.32 Å². The molecule has 0 aliphatic carbocycles. The summed E-state index contributed by atoms with van der Waals surface area (Å²) in [5.41, 5.74) is 4.13. The average molecular weight is 458 g/mol. The van der Waals surface area contributed by atoms with Crippen LogP contribution in [-0.2, 0) is 0 Å². The van der Waals surface area contributed by atoms with Crippen molar-refractivity contribution in [2.75, 3.05) is 5.32 Å². The number of carbonyl (C=O) groups is 1. The molecule has 0 unspecified atom stereocenters. The van der Waals surface area contributed by atoms with Gasteiger partial charge in [-0.3, -0.25) is 4.79 Å². The van der Waals surface area contributed by atoms with Gasteiger partial charge >= 0.3 is 0 Å². The summed E-state index contributed by atoms with van der Waals surface area (Å²) in [4.78, 5) is 17.4. The molecule has 1 amide bonds. The van der Waals surface area contributed by atoms with E-state index >= 15 is 0 Å². The predicted molar refractivity (Wildman–Crippen MR) is 117 cm³/mol. The van der Waals surface area contributed by atoms with E-state index in [-0.39, 0.29) is 5.91 Å². The Morgan fingerprint density at radius 1 is 1.11 bits per heavy atom. The number of carbonyl (C=O) groups excluding carboxylic acids is 1. The van der Waals surface area contributed by atoms with Gasteiger partial charge in [-0.2, -0.15) is 0 Å². The van der Waals surface area contributed by atoms with Crippen LogP contribution < -0.4 is 5.32 Å². The second-order valence-electron chi connectivity index (χ2n) is 6.04. The number of para-hydroxylation sites is 1. The lowest BCUT2D eigenvalue weighted by molar-refractivity contribution is 0.102. The maximum Gasteiger partial charge on any atom is 0.257 e. The molecule has 0 fully saturated rings. The molecule has 0 aliphatic heterocycles. The SMILES string of the molecule is Cc1c(NC(=O)c2cc(Br)ccc2Cl)cccc1-c1nc2ccccc2s1. The lowest BCUT2D eigenvalue weighted by atomic mass is 10.1. The molecule has 0 radical (unpaired) electrons. The third kappa shape index (κ3) is 3.63. The number of aromatic nitrogens is 1. The summed E-state index contributed by atoms with van der Waals surface area (Å²) in [5, 5.41) is 4.32. The molecule has 0 aliphatic rings. The maximum atomic E-state index is 12.7. The molecule has 0 bridgehead atoms. The zero-order chi connectivity index (χ0) is 19.0. The first kappa shape index (κ1) is 18.2. The van der Waals surface area contributed by atoms with E-state index in [2.05, 4.69) is 27.3 Å². The van der Waals surface area contributed by atoms with Crippen LogP contribution in [0.1, 0.15) is 15.9 Å². The van der Waals surface area contributed by atoms with E-state index in [1.807, 2.05) is 43.3 Å². The number of benzene rings is 3. The molecule has 134 valence electrons. The van der Waals surface area contributed by atoms with E-state index in [0.29, 0.717) is 10.6 Å². The number of hydrogen-bond donors (Lipinski definition) is 1. The number of halogens is 2. The van der Waals surface area contributed by atoms with Crippen molar-refractivity contribution in [2.45, 2.75) is 6.92 Å². The Morgan fingerprint density at radius 2 is 1.93 bits per heavy atom. The monoisotopic (exact) mass is 456 g/mol. The Balaban J connectivity index is 1.69. The van der Waals surface area contributed by atoms with Gasteiger partial charge in [0.15, 0.2) is 0 Å². The van der Waals surface area contributed by atoms with Gasteiger partial charge in [-0.05, 0) is 48.9 Å². The average Bonchev–Trinajstić information content (AvgIpc) is 3.09. The molecule has 0 atom stereocenters. The molecule has 1 N–H and O–H groups in total. The highest BCUT2D eigenvalue weighted by Crippen LogP contribution is 2.34. The van der Waals surface area contributed by atoms with Crippen LogP contribution in [-0.4, -0.2) is 10.9 Å². The van der Waals surface area contributed by atoms with Crippen molar-refractivity contribution in [3.63, 3.8) is 0 Å². The molecule has 3 nitrogen and oxygen atoms in total. The quantitative estimate of drug-likeness (QED) is 0.362. The van der Waals surface area contributed by atoms with Crippen molar-refractivity contribution in [3.05, 3.63) is 81.3 Å². The van der Waals surface area contributed by atoms with Crippen LogP contribution in [0.5, 0.6) is 0 Å². The molecule has 4 aromatic rings. The summed E-state index contributed by atoms with van der Waals surface area (Å²) in [6.07, 6.45) is 0. The summed E-state index contributed by atoms with van der Waals surface area (Å²) in [6.45, 7) is 1.99. The second kappa shape index (κ2) is 7.43. The number of nitrogens with zero attached hydrogens (tertiary/aromatic N) is 1. The molecule has 1 heterocycles. The Kier molecular flexibility index (Phi) is 5.00. The third-order valence-electron chi connectivity index (χ3n) is 4.28. The zero-order valence-corrected chi connectivity index (χ0v) is 17.5. The summed E-state index contributed by atoms with van der Waals surface area (Å²) in [7, 11) is 0. The van der Waals surface area contributed by atoms with Crippen LogP contribution in [0.15, 0.2) is 65.1 Å². The molecule has 4 rings (SSSR count). The maximum absolute atomic E-state index is 12.7. The van der Waals surface area contributed by atoms with Crippen LogP contribution in [0.25, 0.3) is 20.8 Å². The molecule has 0 spiro atoms. The molecule has 3 aromatic carbocycles. The number of amides is 1. The van der Waals surface area contributed by atoms with Crippen LogP contribution >= 0.6 is 38.9 Å². The minimum Gasteiger partial charge on any atom is -0.322 e. The Bertz CT molecular complexity index is 1140. The number of hydrogen-bond acceptors (Lipinski definition) is 3. The highest BCUT2D eigenvalue weighted by molar-refractivity contribution is 9.10. The largest absolute Gasteiger partial charge is 0.322 e. The minimum atomic E-state index is -0.245. The molecular weight excluding hydrogens is 444 g/mol. The normalized spacial score (nSPS) is 10.9. The molecule has 6 heteroatoms. The van der Waals surface area contributed by atoms with Gasteiger partial charge in [0, 0.05) is 15.7 Å². The summed E-state index contributed by atoms with van der Waals surface area (Å²) >= 11 is 11.2. The van der Waals surface area contributed by atoms with Gasteiger partial charge in [0.05, 0.1) is 20.8 Å². The highest BCUT2D eigenvalue weighted by Gasteiger charge is 2.15. The van der Waals surface area contributed by atoms with Crippen molar-refractivity contribution < 1.29 is 4.79 Å². The van der Waals surface area contributed by atoms with Crippen molar-refractivity contribution >= 4 is 60.7 Å². The standard InChI is InChI=1S/C21H14BrClN2OS/c1-12-14(21-25-18-6-2-3-8-19(18)27-21)5-4-7-17(12)24-20(26)15-11-13(22)9-10-16(15)23/h2-11H,1H3,(H,24,26). The first-order valence-corrected chi connectivity index (χ1v) is 10.2. The molecule has 0 saturated heterocycles. The Morgan fingerprint density at radius 3 is 2.74 bits per heavy atom. The van der Waals surface area contributed by atoms with E-state index < -0.39 is 0 Å². The van der Waals surface area contributed by atoms with E-state index in [9.17, 15) is 4.79 Å². The van der Waals surface area contributed by atoms with Crippen molar-refractivity contribution in [1.29, 1.82) is 0 Å². The minimum absolute atomic E-state index is 0.245. The topological polar surface area (TPSA) is 42.0 Å². The van der Waals surface area contributed by atoms with E-state index in [4.69, 9.17) is 16.6 Å². The Hall–Kier alpha value is -2.21. The number of anilines is 1. The van der Waals surface area contributed by atoms with Crippen molar-refractivity contribution in [3.8, 4) is 10.6 Å². The highest BCUT2D eigenvalue weighted by atomic mass is 79.9. The van der Waals surface area contributed by atoms with Crippen molar-refractivity contribution in [2.24, 2.45) is 0 Å². The van der Waals surface area contributed by atoms with Crippen LogP contribution in [0, 0.1) is 6.92 Å². The van der Waals surface area contributed by atoms with Gasteiger partial charge in [-0.25, -0.2) is 4.98 Å². The third-order valence-corrected chi connectivity index (χ3v) is 6.17. The number of rotatable bonds is 3. The lowest BCUT2D eigenvalue weighted by Gasteiger charge is -2.12. The fraction of sp³-hybridized carbons (Fsp3) is 0.0476. The Labute approximate surface area is 174 Å². The first-order chi connectivity index (χ1) is 13.0. The molecule has 1 aromatic heterocycles. The predicted octanol–water partition coefficient (Wildman–Crippen LogP) is 6.94. The zero-order valence-electron chi connectivity index (χ0n) is 14.3. The number of thiazole rings is 1. The van der Waals surface area contributed by atoms with Gasteiger partial charge in [0.1, 0.15) is 5.01 Å². The van der Waals surface area contributed by atoms with Gasteiger partial charge in [0.2, 0.25) is 0 Å². The first-order valence-electron chi connectivity index (χ1n) is 8.25. The van der Waals surface area contributed by atoms with E-state index in [1.54, 1.807) is 29.5 Å². The van der Waals surface area contributed by atoms with Gasteiger partial charge in [0.25, 0.3) is 5.91 Å². The van der Waals surface area contributed by atoms with Crippen molar-refractivity contribution in [1.82, 2.24) is 4.98 Å². The van der Waals surface area contributed by atoms with E-state index in [0.717, 1.165) is 36.5 Å². The van der Waals surface area contributed by atoms with Gasteiger partial charge in [-0.1, -0.05) is 51.8 Å². The van der Waals surface area contributed by atoms with Crippen LogP contribution in [0.3, 0.4) is 0 Å². The molecule has 27 heavy (non-hydrogen) atoms. The fourth-order valence-electron chi connectivity index (χ4n) is 2.85. The van der Waals surface area contributed by atoms with Crippen LogP contribution in [0.2, 0.25) is 5.02 Å². The summed E-state index contributed by atoms with van der Waals surface area (Å²) in [6, 6.07) is 19.1. The number of nitrogens with one attached hydrogen (secondary N) is 1. The molecular formula is C21H14BrClN2OS. The molecule has 0 saturated carbocycles. The fourth-order valence-corrected chi connectivity index (χ4v) is 4.46. The smallest absolute Gasteiger partial charge is 0.257 e.